The Morgan fingerprint density at radius 2 is 1.88 bits per heavy atom. The minimum atomic E-state index is -4.70. The van der Waals surface area contributed by atoms with Gasteiger partial charge in [0.2, 0.25) is 5.82 Å². The van der Waals surface area contributed by atoms with Crippen LogP contribution in [-0.4, -0.2) is 55.9 Å². The number of rotatable bonds is 6. The van der Waals surface area contributed by atoms with Crippen molar-refractivity contribution in [1.82, 2.24) is 29.6 Å². The second-order valence-electron chi connectivity index (χ2n) is 8.17. The van der Waals surface area contributed by atoms with Gasteiger partial charge in [-0.15, -0.1) is 0 Å². The largest absolute Gasteiger partial charge is 0.471 e. The number of ether oxygens (including phenoxy) is 1. The topological polar surface area (TPSA) is 82.1 Å². The van der Waals surface area contributed by atoms with E-state index in [1.54, 1.807) is 6.07 Å². The predicted molar refractivity (Wildman–Crippen MR) is 118 cm³/mol. The monoisotopic (exact) mass is 472 g/mol. The molecule has 0 amide bonds. The fourth-order valence-corrected chi connectivity index (χ4v) is 4.12. The van der Waals surface area contributed by atoms with Gasteiger partial charge in [0.1, 0.15) is 0 Å². The van der Waals surface area contributed by atoms with Crippen LogP contribution in [0.3, 0.4) is 0 Å². The van der Waals surface area contributed by atoms with Gasteiger partial charge in [-0.2, -0.15) is 18.2 Å². The van der Waals surface area contributed by atoms with Crippen molar-refractivity contribution in [2.24, 2.45) is 0 Å². The van der Waals surface area contributed by atoms with Gasteiger partial charge in [0.15, 0.2) is 0 Å². The van der Waals surface area contributed by atoms with Crippen molar-refractivity contribution in [2.45, 2.75) is 32.6 Å². The number of fused-ring (bicyclic) bond motifs is 1. The first-order valence-corrected chi connectivity index (χ1v) is 11.1. The molecule has 8 nitrogen and oxygen atoms in total. The van der Waals surface area contributed by atoms with Crippen LogP contribution in [0.15, 0.2) is 41.3 Å². The highest BCUT2D eigenvalue weighted by Crippen LogP contribution is 2.31. The van der Waals surface area contributed by atoms with Gasteiger partial charge < -0.3 is 13.8 Å². The Morgan fingerprint density at radius 3 is 2.62 bits per heavy atom. The van der Waals surface area contributed by atoms with E-state index in [1.165, 1.54) is 17.8 Å². The summed E-state index contributed by atoms with van der Waals surface area (Å²) in [6, 6.07) is 5.14. The first kappa shape index (κ1) is 22.5. The lowest BCUT2D eigenvalue weighted by Gasteiger charge is -2.26. The highest BCUT2D eigenvalue weighted by atomic mass is 19.4. The molecule has 11 heteroatoms. The van der Waals surface area contributed by atoms with Gasteiger partial charge in [0.25, 0.3) is 0 Å². The SMILES string of the molecule is CCCn1cc(CN2CCOCC2)c2cc(-c3cc(-c4noc(C(F)(F)F)n4)ccn3)ncc21. The van der Waals surface area contributed by atoms with Gasteiger partial charge >= 0.3 is 12.1 Å². The van der Waals surface area contributed by atoms with Gasteiger partial charge in [0.05, 0.1) is 36.3 Å². The Bertz CT molecular complexity index is 1290. The fourth-order valence-electron chi connectivity index (χ4n) is 4.12. The highest BCUT2D eigenvalue weighted by molar-refractivity contribution is 5.86. The Kier molecular flexibility index (Phi) is 6.05. The van der Waals surface area contributed by atoms with E-state index in [0.717, 1.165) is 56.7 Å². The van der Waals surface area contributed by atoms with Crippen LogP contribution in [0.4, 0.5) is 13.2 Å². The van der Waals surface area contributed by atoms with Crippen LogP contribution in [0.25, 0.3) is 33.7 Å². The molecule has 0 unspecified atom stereocenters. The number of nitrogens with zero attached hydrogens (tertiary/aromatic N) is 6. The lowest BCUT2D eigenvalue weighted by Crippen LogP contribution is -2.35. The number of pyridine rings is 2. The third kappa shape index (κ3) is 4.53. The molecule has 1 fully saturated rings. The third-order valence-electron chi connectivity index (χ3n) is 5.76. The number of aromatic nitrogens is 5. The minimum Gasteiger partial charge on any atom is -0.379 e. The molecule has 0 atom stereocenters. The molecule has 0 aromatic carbocycles. The zero-order valence-corrected chi connectivity index (χ0v) is 18.5. The summed E-state index contributed by atoms with van der Waals surface area (Å²) in [5.74, 6) is -1.54. The molecule has 4 aromatic rings. The molecule has 4 aromatic heterocycles. The Hall–Kier alpha value is -3.31. The van der Waals surface area contributed by atoms with Crippen LogP contribution in [0, 0.1) is 0 Å². The van der Waals surface area contributed by atoms with Gasteiger partial charge in [-0.25, -0.2) is 0 Å². The summed E-state index contributed by atoms with van der Waals surface area (Å²) in [5, 5.41) is 4.55. The summed E-state index contributed by atoms with van der Waals surface area (Å²) >= 11 is 0. The smallest absolute Gasteiger partial charge is 0.379 e. The van der Waals surface area contributed by atoms with E-state index in [4.69, 9.17) is 4.74 Å². The Morgan fingerprint density at radius 1 is 1.09 bits per heavy atom. The zero-order valence-electron chi connectivity index (χ0n) is 18.5. The van der Waals surface area contributed by atoms with Crippen molar-refractivity contribution < 1.29 is 22.4 Å². The Balaban J connectivity index is 1.50. The molecule has 0 radical (unpaired) electrons. The molecule has 0 spiro atoms. The van der Waals surface area contributed by atoms with Gasteiger partial charge in [-0.3, -0.25) is 14.9 Å². The van der Waals surface area contributed by atoms with Crippen LogP contribution in [0.2, 0.25) is 0 Å². The van der Waals surface area contributed by atoms with E-state index in [1.807, 2.05) is 12.3 Å². The van der Waals surface area contributed by atoms with Crippen LogP contribution >= 0.6 is 0 Å². The van der Waals surface area contributed by atoms with Gasteiger partial charge in [-0.05, 0) is 30.2 Å². The number of alkyl halides is 3. The molecule has 1 aliphatic heterocycles. The van der Waals surface area contributed by atoms with Crippen molar-refractivity contribution in [2.75, 3.05) is 26.3 Å². The maximum absolute atomic E-state index is 12.8. The summed E-state index contributed by atoms with van der Waals surface area (Å²) in [7, 11) is 0. The lowest BCUT2D eigenvalue weighted by molar-refractivity contribution is -0.159. The zero-order chi connectivity index (χ0) is 23.7. The summed E-state index contributed by atoms with van der Waals surface area (Å²) in [6.45, 7) is 7.03. The van der Waals surface area contributed by atoms with Crippen LogP contribution in [0.5, 0.6) is 0 Å². The second kappa shape index (κ2) is 9.15. The van der Waals surface area contributed by atoms with Crippen molar-refractivity contribution in [3.05, 3.63) is 48.2 Å². The van der Waals surface area contributed by atoms with Crippen molar-refractivity contribution >= 4 is 10.9 Å². The molecule has 5 heterocycles. The molecule has 1 aliphatic rings. The highest BCUT2D eigenvalue weighted by Gasteiger charge is 2.38. The maximum Gasteiger partial charge on any atom is 0.471 e. The standard InChI is InChI=1S/C23H23F3N6O2/c1-2-5-32-14-16(13-31-6-8-33-9-7-31)17-11-19(28-12-20(17)32)18-10-15(3-4-27-18)21-29-22(34-30-21)23(24,25)26/h3-4,10-12,14H,2,5-9,13H2,1H3. The quantitative estimate of drug-likeness (QED) is 0.411. The molecule has 0 bridgehead atoms. The van der Waals surface area contributed by atoms with E-state index in [9.17, 15) is 13.2 Å². The molecule has 0 saturated carbocycles. The van der Waals surface area contributed by atoms with E-state index in [0.29, 0.717) is 17.0 Å². The first-order valence-electron chi connectivity index (χ1n) is 11.1. The molecule has 5 rings (SSSR count). The van der Waals surface area contributed by atoms with Crippen LogP contribution in [-0.2, 0) is 24.0 Å². The van der Waals surface area contributed by atoms with E-state index in [2.05, 4.69) is 47.2 Å². The maximum atomic E-state index is 12.8. The lowest BCUT2D eigenvalue weighted by atomic mass is 10.1. The number of aryl methyl sites for hydroxylation is 1. The molecule has 178 valence electrons. The molecule has 0 aliphatic carbocycles. The Labute approximate surface area is 193 Å². The summed E-state index contributed by atoms with van der Waals surface area (Å²) in [5.41, 5.74) is 3.73. The van der Waals surface area contributed by atoms with Gasteiger partial charge in [-0.1, -0.05) is 12.1 Å². The molecule has 1 saturated heterocycles. The second-order valence-corrected chi connectivity index (χ2v) is 8.17. The summed E-state index contributed by atoms with van der Waals surface area (Å²) in [4.78, 5) is 14.8. The molecule has 0 N–H and O–H groups in total. The number of hydrogen-bond acceptors (Lipinski definition) is 7. The average molecular weight is 472 g/mol. The molecular formula is C23H23F3N6O2. The van der Waals surface area contributed by atoms with E-state index >= 15 is 0 Å². The fraction of sp³-hybridized carbons (Fsp3) is 0.391. The number of halogens is 3. The van der Waals surface area contributed by atoms with Crippen molar-refractivity contribution in [3.63, 3.8) is 0 Å². The minimum absolute atomic E-state index is 0.154. The average Bonchev–Trinajstić information content (AvgIpc) is 3.46. The van der Waals surface area contributed by atoms with Crippen LogP contribution in [0.1, 0.15) is 24.8 Å². The van der Waals surface area contributed by atoms with E-state index in [-0.39, 0.29) is 5.82 Å². The van der Waals surface area contributed by atoms with E-state index < -0.39 is 12.1 Å². The normalized spacial score (nSPS) is 15.3. The van der Waals surface area contributed by atoms with Crippen LogP contribution < -0.4 is 0 Å². The molecule has 34 heavy (non-hydrogen) atoms. The first-order chi connectivity index (χ1) is 16.4. The van der Waals surface area contributed by atoms with Crippen molar-refractivity contribution in [1.29, 1.82) is 0 Å². The van der Waals surface area contributed by atoms with Crippen molar-refractivity contribution in [3.8, 4) is 22.8 Å². The number of hydrogen-bond donors (Lipinski definition) is 0. The number of morpholine rings is 1. The van der Waals surface area contributed by atoms with Gasteiger partial charge in [0, 0.05) is 49.5 Å². The predicted octanol–water partition coefficient (Wildman–Crippen LogP) is 4.41. The summed E-state index contributed by atoms with van der Waals surface area (Å²) in [6.07, 6.45) is 1.80. The molecular weight excluding hydrogens is 449 g/mol. The third-order valence-corrected chi connectivity index (χ3v) is 5.76. The summed E-state index contributed by atoms with van der Waals surface area (Å²) < 4.78 is 50.6.